The molecule has 0 saturated heterocycles. The average Bonchev–Trinajstić information content (AvgIpc) is 2.22. The van der Waals surface area contributed by atoms with Gasteiger partial charge in [0.05, 0.1) is 17.3 Å². The largest absolute Gasteiger partial charge is 0.398 e. The van der Waals surface area contributed by atoms with Crippen molar-refractivity contribution >= 4 is 23.2 Å². The first-order chi connectivity index (χ1) is 7.15. The summed E-state index contributed by atoms with van der Waals surface area (Å²) in [5, 5.41) is 3.08. The van der Waals surface area contributed by atoms with Crippen LogP contribution in [0, 0.1) is 11.8 Å². The van der Waals surface area contributed by atoms with Crippen molar-refractivity contribution in [2.45, 2.75) is 6.92 Å². The first-order valence-electron chi connectivity index (χ1n) is 4.38. The van der Waals surface area contributed by atoms with Gasteiger partial charge in [-0.1, -0.05) is 17.5 Å². The van der Waals surface area contributed by atoms with Gasteiger partial charge in [0.15, 0.2) is 0 Å². The molecule has 0 bridgehead atoms. The number of amides is 1. The average molecular weight is 223 g/mol. The molecule has 0 fully saturated rings. The molecule has 0 aliphatic heterocycles. The summed E-state index contributed by atoms with van der Waals surface area (Å²) in [5.41, 5.74) is 6.45. The summed E-state index contributed by atoms with van der Waals surface area (Å²) in [5.74, 6) is 5.21. The van der Waals surface area contributed by atoms with Crippen molar-refractivity contribution in [3.8, 4) is 11.8 Å². The van der Waals surface area contributed by atoms with Crippen LogP contribution in [0.2, 0.25) is 5.02 Å². The summed E-state index contributed by atoms with van der Waals surface area (Å²) in [4.78, 5) is 11.5. The van der Waals surface area contributed by atoms with Gasteiger partial charge in [0.2, 0.25) is 0 Å². The molecule has 0 unspecified atom stereocenters. The van der Waals surface area contributed by atoms with E-state index < -0.39 is 0 Å². The van der Waals surface area contributed by atoms with Crippen LogP contribution in [-0.2, 0) is 0 Å². The van der Waals surface area contributed by atoms with Crippen molar-refractivity contribution in [1.29, 1.82) is 0 Å². The molecule has 0 heterocycles. The number of nitrogens with one attached hydrogen (secondary N) is 1. The smallest absolute Gasteiger partial charge is 0.252 e. The number of halogens is 1. The number of hydrogen-bond acceptors (Lipinski definition) is 2. The molecule has 0 atom stereocenters. The highest BCUT2D eigenvalue weighted by atomic mass is 35.5. The fourth-order valence-electron chi connectivity index (χ4n) is 1.000. The van der Waals surface area contributed by atoms with Crippen LogP contribution in [0.1, 0.15) is 17.3 Å². The predicted molar refractivity (Wildman–Crippen MR) is 61.6 cm³/mol. The number of nitrogen functional groups attached to an aromatic ring is 1. The minimum atomic E-state index is -0.207. The number of benzene rings is 1. The van der Waals surface area contributed by atoms with Gasteiger partial charge in [-0.25, -0.2) is 0 Å². The standard InChI is InChI=1S/C11H11ClN2O/c1-2-3-6-14-11(15)8-4-5-9(12)10(13)7-8/h4-5,7H,6,13H2,1H3,(H,14,15). The second kappa shape index (κ2) is 5.28. The number of nitrogens with two attached hydrogens (primary N) is 1. The second-order valence-electron chi connectivity index (χ2n) is 2.85. The lowest BCUT2D eigenvalue weighted by Crippen LogP contribution is -2.23. The lowest BCUT2D eigenvalue weighted by Gasteiger charge is -2.03. The zero-order chi connectivity index (χ0) is 11.3. The Hall–Kier alpha value is -1.66. The van der Waals surface area contributed by atoms with Crippen LogP contribution in [-0.4, -0.2) is 12.5 Å². The number of rotatable bonds is 2. The molecular formula is C11H11ClN2O. The van der Waals surface area contributed by atoms with Gasteiger partial charge in [0.1, 0.15) is 0 Å². The van der Waals surface area contributed by atoms with Crippen LogP contribution < -0.4 is 11.1 Å². The Kier molecular flexibility index (Phi) is 4.02. The minimum Gasteiger partial charge on any atom is -0.398 e. The Bertz CT molecular complexity index is 432. The molecule has 4 heteroatoms. The van der Waals surface area contributed by atoms with Gasteiger partial charge in [0.25, 0.3) is 5.91 Å². The highest BCUT2D eigenvalue weighted by Crippen LogP contribution is 2.19. The Balaban J connectivity index is 2.72. The molecule has 0 radical (unpaired) electrons. The van der Waals surface area contributed by atoms with E-state index >= 15 is 0 Å². The number of hydrogen-bond donors (Lipinski definition) is 2. The fourth-order valence-corrected chi connectivity index (χ4v) is 1.12. The van der Waals surface area contributed by atoms with Crippen LogP contribution in [0.25, 0.3) is 0 Å². The van der Waals surface area contributed by atoms with Crippen LogP contribution in [0.5, 0.6) is 0 Å². The maximum absolute atomic E-state index is 11.5. The van der Waals surface area contributed by atoms with Gasteiger partial charge in [-0.05, 0) is 25.1 Å². The van der Waals surface area contributed by atoms with Crippen molar-refractivity contribution < 1.29 is 4.79 Å². The summed E-state index contributed by atoms with van der Waals surface area (Å²) < 4.78 is 0. The van der Waals surface area contributed by atoms with Gasteiger partial charge in [-0.3, -0.25) is 4.79 Å². The molecule has 1 amide bonds. The van der Waals surface area contributed by atoms with E-state index in [0.29, 0.717) is 22.8 Å². The van der Waals surface area contributed by atoms with Gasteiger partial charge in [0, 0.05) is 5.56 Å². The highest BCUT2D eigenvalue weighted by Gasteiger charge is 2.05. The Morgan fingerprint density at radius 2 is 2.33 bits per heavy atom. The molecule has 1 aromatic carbocycles. The molecule has 1 rings (SSSR count). The number of anilines is 1. The maximum Gasteiger partial charge on any atom is 0.252 e. The predicted octanol–water partition coefficient (Wildman–Crippen LogP) is 1.68. The summed E-state index contributed by atoms with van der Waals surface area (Å²) >= 11 is 5.73. The van der Waals surface area contributed by atoms with E-state index in [1.165, 1.54) is 6.07 Å². The van der Waals surface area contributed by atoms with E-state index in [1.54, 1.807) is 19.1 Å². The first-order valence-corrected chi connectivity index (χ1v) is 4.75. The van der Waals surface area contributed by atoms with E-state index in [4.69, 9.17) is 17.3 Å². The minimum absolute atomic E-state index is 0.207. The van der Waals surface area contributed by atoms with Gasteiger partial charge in [-0.15, -0.1) is 5.92 Å². The van der Waals surface area contributed by atoms with Crippen molar-refractivity contribution in [2.75, 3.05) is 12.3 Å². The maximum atomic E-state index is 11.5. The fraction of sp³-hybridized carbons (Fsp3) is 0.182. The number of carbonyl (C=O) groups is 1. The van der Waals surface area contributed by atoms with Crippen molar-refractivity contribution in [3.05, 3.63) is 28.8 Å². The SMILES string of the molecule is CC#CCNC(=O)c1ccc(Cl)c(N)c1. The van der Waals surface area contributed by atoms with Crippen LogP contribution in [0.3, 0.4) is 0 Å². The molecule has 3 N–H and O–H groups in total. The van der Waals surface area contributed by atoms with E-state index in [9.17, 15) is 4.79 Å². The molecule has 78 valence electrons. The molecule has 0 spiro atoms. The summed E-state index contributed by atoms with van der Waals surface area (Å²) in [6, 6.07) is 4.75. The van der Waals surface area contributed by atoms with Crippen molar-refractivity contribution in [2.24, 2.45) is 0 Å². The molecular weight excluding hydrogens is 212 g/mol. The van der Waals surface area contributed by atoms with Crippen molar-refractivity contribution in [1.82, 2.24) is 5.32 Å². The lowest BCUT2D eigenvalue weighted by molar-refractivity contribution is 0.0959. The molecule has 1 aromatic rings. The van der Waals surface area contributed by atoms with Crippen LogP contribution >= 0.6 is 11.6 Å². The van der Waals surface area contributed by atoms with Gasteiger partial charge in [-0.2, -0.15) is 0 Å². The van der Waals surface area contributed by atoms with Gasteiger partial charge < -0.3 is 11.1 Å². The third-order valence-electron chi connectivity index (χ3n) is 1.77. The number of carbonyl (C=O) groups excluding carboxylic acids is 1. The lowest BCUT2D eigenvalue weighted by atomic mass is 10.2. The zero-order valence-electron chi connectivity index (χ0n) is 8.30. The summed E-state index contributed by atoms with van der Waals surface area (Å²) in [7, 11) is 0. The van der Waals surface area contributed by atoms with Crippen LogP contribution in [0.15, 0.2) is 18.2 Å². The van der Waals surface area contributed by atoms with E-state index in [0.717, 1.165) is 0 Å². The Morgan fingerprint density at radius 3 is 2.93 bits per heavy atom. The normalized spacial score (nSPS) is 8.93. The molecule has 3 nitrogen and oxygen atoms in total. The topological polar surface area (TPSA) is 55.1 Å². The van der Waals surface area contributed by atoms with Gasteiger partial charge >= 0.3 is 0 Å². The molecule has 0 aliphatic carbocycles. The van der Waals surface area contributed by atoms with Crippen LogP contribution in [0.4, 0.5) is 5.69 Å². The second-order valence-corrected chi connectivity index (χ2v) is 3.25. The quantitative estimate of drug-likeness (QED) is 0.591. The molecule has 15 heavy (non-hydrogen) atoms. The summed E-state index contributed by atoms with van der Waals surface area (Å²) in [6.45, 7) is 2.05. The van der Waals surface area contributed by atoms with Crippen molar-refractivity contribution in [3.63, 3.8) is 0 Å². The Morgan fingerprint density at radius 1 is 1.60 bits per heavy atom. The highest BCUT2D eigenvalue weighted by molar-refractivity contribution is 6.33. The van der Waals surface area contributed by atoms with E-state index in [2.05, 4.69) is 17.2 Å². The van der Waals surface area contributed by atoms with E-state index in [-0.39, 0.29) is 5.91 Å². The molecule has 0 aliphatic rings. The third kappa shape index (κ3) is 3.19. The zero-order valence-corrected chi connectivity index (χ0v) is 9.06. The monoisotopic (exact) mass is 222 g/mol. The Labute approximate surface area is 93.6 Å². The molecule has 0 saturated carbocycles. The van der Waals surface area contributed by atoms with E-state index in [1.807, 2.05) is 0 Å². The first kappa shape index (κ1) is 11.4. The summed E-state index contributed by atoms with van der Waals surface area (Å²) in [6.07, 6.45) is 0. The molecule has 0 aromatic heterocycles. The third-order valence-corrected chi connectivity index (χ3v) is 2.12.